The lowest BCUT2D eigenvalue weighted by Gasteiger charge is -2.09. The second kappa shape index (κ2) is 9.32. The lowest BCUT2D eigenvalue weighted by Crippen LogP contribution is -2.37. The van der Waals surface area contributed by atoms with Gasteiger partial charge in [-0.1, -0.05) is 19.1 Å². The van der Waals surface area contributed by atoms with Crippen molar-refractivity contribution in [3.8, 4) is 11.5 Å². The topological polar surface area (TPSA) is 76.7 Å². The van der Waals surface area contributed by atoms with E-state index in [1.165, 1.54) is 0 Å². The highest BCUT2D eigenvalue weighted by molar-refractivity contribution is 6.39. The summed E-state index contributed by atoms with van der Waals surface area (Å²) in [6.45, 7) is 2.54. The van der Waals surface area contributed by atoms with E-state index in [1.54, 1.807) is 43.5 Å². The molecule has 25 heavy (non-hydrogen) atoms. The molecule has 0 spiro atoms. The summed E-state index contributed by atoms with van der Waals surface area (Å²) >= 11 is 0. The number of nitrogens with one attached hydrogen (secondary N) is 2. The molecule has 0 aliphatic heterocycles. The highest BCUT2D eigenvalue weighted by atomic mass is 16.5. The number of benzene rings is 2. The highest BCUT2D eigenvalue weighted by Crippen LogP contribution is 2.16. The molecule has 6 heteroatoms. The van der Waals surface area contributed by atoms with Crippen LogP contribution in [-0.2, 0) is 16.0 Å². The van der Waals surface area contributed by atoms with E-state index in [0.717, 1.165) is 17.7 Å². The SMILES string of the molecule is CCc1ccc(NC(=O)C(=O)NCCOc2ccc(OC)cc2)cc1. The Hall–Kier alpha value is -3.02. The maximum absolute atomic E-state index is 11.8. The number of aryl methyl sites for hydroxylation is 1. The van der Waals surface area contributed by atoms with Gasteiger partial charge in [0.15, 0.2) is 0 Å². The zero-order valence-corrected chi connectivity index (χ0v) is 14.4. The molecule has 0 atom stereocenters. The Bertz CT molecular complexity index is 696. The van der Waals surface area contributed by atoms with Gasteiger partial charge >= 0.3 is 11.8 Å². The fourth-order valence-corrected chi connectivity index (χ4v) is 2.10. The van der Waals surface area contributed by atoms with Crippen molar-refractivity contribution in [1.82, 2.24) is 5.32 Å². The van der Waals surface area contributed by atoms with E-state index >= 15 is 0 Å². The number of methoxy groups -OCH3 is 1. The van der Waals surface area contributed by atoms with Crippen molar-refractivity contribution >= 4 is 17.5 Å². The minimum absolute atomic E-state index is 0.229. The molecule has 0 saturated heterocycles. The van der Waals surface area contributed by atoms with Crippen molar-refractivity contribution in [3.05, 3.63) is 54.1 Å². The van der Waals surface area contributed by atoms with Crippen LogP contribution in [0.25, 0.3) is 0 Å². The van der Waals surface area contributed by atoms with Crippen LogP contribution in [0.3, 0.4) is 0 Å². The van der Waals surface area contributed by atoms with E-state index in [0.29, 0.717) is 11.4 Å². The number of hydrogen-bond donors (Lipinski definition) is 2. The standard InChI is InChI=1S/C19H22N2O4/c1-3-14-4-6-15(7-5-14)21-19(23)18(22)20-12-13-25-17-10-8-16(24-2)9-11-17/h4-11H,3,12-13H2,1-2H3,(H,20,22)(H,21,23). The molecule has 0 radical (unpaired) electrons. The van der Waals surface area contributed by atoms with Gasteiger partial charge < -0.3 is 20.1 Å². The predicted octanol–water partition coefficient (Wildman–Crippen LogP) is 2.39. The fourth-order valence-electron chi connectivity index (χ4n) is 2.10. The maximum Gasteiger partial charge on any atom is 0.313 e. The van der Waals surface area contributed by atoms with Crippen molar-refractivity contribution in [1.29, 1.82) is 0 Å². The average Bonchev–Trinajstić information content (AvgIpc) is 2.66. The van der Waals surface area contributed by atoms with Crippen LogP contribution < -0.4 is 20.1 Å². The smallest absolute Gasteiger partial charge is 0.313 e. The minimum atomic E-state index is -0.700. The van der Waals surface area contributed by atoms with E-state index in [4.69, 9.17) is 9.47 Å². The fraction of sp³-hybridized carbons (Fsp3) is 0.263. The van der Waals surface area contributed by atoms with Crippen molar-refractivity contribution in [3.63, 3.8) is 0 Å². The van der Waals surface area contributed by atoms with Gasteiger partial charge in [0, 0.05) is 5.69 Å². The zero-order chi connectivity index (χ0) is 18.1. The average molecular weight is 342 g/mol. The van der Waals surface area contributed by atoms with Crippen molar-refractivity contribution in [2.24, 2.45) is 0 Å². The lowest BCUT2D eigenvalue weighted by molar-refractivity contribution is -0.136. The molecule has 0 bridgehead atoms. The van der Waals surface area contributed by atoms with Crippen LogP contribution in [0, 0.1) is 0 Å². The molecule has 2 rings (SSSR count). The molecule has 6 nitrogen and oxygen atoms in total. The first kappa shape index (κ1) is 18.3. The predicted molar refractivity (Wildman–Crippen MR) is 95.9 cm³/mol. The number of hydrogen-bond acceptors (Lipinski definition) is 4. The molecule has 0 aliphatic carbocycles. The Morgan fingerprint density at radius 1 is 0.920 bits per heavy atom. The summed E-state index contributed by atoms with van der Waals surface area (Å²) < 4.78 is 10.5. The van der Waals surface area contributed by atoms with E-state index in [-0.39, 0.29) is 13.2 Å². The van der Waals surface area contributed by atoms with Gasteiger partial charge in [-0.25, -0.2) is 0 Å². The minimum Gasteiger partial charge on any atom is -0.497 e. The maximum atomic E-state index is 11.8. The lowest BCUT2D eigenvalue weighted by atomic mass is 10.1. The van der Waals surface area contributed by atoms with Crippen LogP contribution in [0.1, 0.15) is 12.5 Å². The van der Waals surface area contributed by atoms with E-state index in [2.05, 4.69) is 17.6 Å². The molecule has 0 heterocycles. The van der Waals surface area contributed by atoms with Crippen LogP contribution in [0.4, 0.5) is 5.69 Å². The third-order valence-electron chi connectivity index (χ3n) is 3.54. The molecule has 2 amide bonds. The van der Waals surface area contributed by atoms with Crippen LogP contribution in [0.5, 0.6) is 11.5 Å². The van der Waals surface area contributed by atoms with Crippen LogP contribution in [0.15, 0.2) is 48.5 Å². The summed E-state index contributed by atoms with van der Waals surface area (Å²) in [7, 11) is 1.59. The number of rotatable bonds is 7. The third-order valence-corrected chi connectivity index (χ3v) is 3.54. The van der Waals surface area contributed by atoms with Gasteiger partial charge in [0.05, 0.1) is 13.7 Å². The van der Waals surface area contributed by atoms with E-state index < -0.39 is 11.8 Å². The number of amides is 2. The molecule has 0 unspecified atom stereocenters. The normalized spacial score (nSPS) is 10.0. The summed E-state index contributed by atoms with van der Waals surface area (Å²) in [5.74, 6) is 0.00593. The second-order valence-corrected chi connectivity index (χ2v) is 5.28. The van der Waals surface area contributed by atoms with E-state index in [1.807, 2.05) is 12.1 Å². The van der Waals surface area contributed by atoms with Crippen molar-refractivity contribution < 1.29 is 19.1 Å². The largest absolute Gasteiger partial charge is 0.497 e. The Morgan fingerprint density at radius 3 is 2.16 bits per heavy atom. The van der Waals surface area contributed by atoms with Gasteiger partial charge in [-0.3, -0.25) is 9.59 Å². The molecule has 132 valence electrons. The van der Waals surface area contributed by atoms with Gasteiger partial charge in [-0.05, 0) is 48.4 Å². The van der Waals surface area contributed by atoms with Gasteiger partial charge in [-0.2, -0.15) is 0 Å². The first-order chi connectivity index (χ1) is 12.1. The summed E-state index contributed by atoms with van der Waals surface area (Å²) in [4.78, 5) is 23.6. The third kappa shape index (κ3) is 5.84. The Balaban J connectivity index is 1.70. The molecule has 0 aliphatic rings. The highest BCUT2D eigenvalue weighted by Gasteiger charge is 2.12. The summed E-state index contributed by atoms with van der Waals surface area (Å²) in [6.07, 6.45) is 0.920. The van der Waals surface area contributed by atoms with E-state index in [9.17, 15) is 9.59 Å². The quantitative estimate of drug-likeness (QED) is 0.598. The molecule has 0 aromatic heterocycles. The monoisotopic (exact) mass is 342 g/mol. The molecule has 2 aromatic carbocycles. The molecule has 0 fully saturated rings. The summed E-state index contributed by atoms with van der Waals surface area (Å²) in [5, 5.41) is 5.08. The number of carbonyl (C=O) groups excluding carboxylic acids is 2. The number of anilines is 1. The van der Waals surface area contributed by atoms with Crippen molar-refractivity contribution in [2.75, 3.05) is 25.6 Å². The van der Waals surface area contributed by atoms with Gasteiger partial charge in [-0.15, -0.1) is 0 Å². The van der Waals surface area contributed by atoms with Gasteiger partial charge in [0.1, 0.15) is 18.1 Å². The Morgan fingerprint density at radius 2 is 1.56 bits per heavy atom. The molecule has 2 N–H and O–H groups in total. The molecular weight excluding hydrogens is 320 g/mol. The first-order valence-electron chi connectivity index (χ1n) is 8.07. The molecule has 0 saturated carbocycles. The molecular formula is C19H22N2O4. The van der Waals surface area contributed by atoms with Crippen LogP contribution in [-0.4, -0.2) is 32.1 Å². The number of carbonyl (C=O) groups is 2. The second-order valence-electron chi connectivity index (χ2n) is 5.28. The molecule has 2 aromatic rings. The summed E-state index contributed by atoms with van der Waals surface area (Å²) in [5.41, 5.74) is 1.75. The first-order valence-corrected chi connectivity index (χ1v) is 8.07. The van der Waals surface area contributed by atoms with Gasteiger partial charge in [0.2, 0.25) is 0 Å². The van der Waals surface area contributed by atoms with Crippen LogP contribution >= 0.6 is 0 Å². The Kier molecular flexibility index (Phi) is 6.83. The zero-order valence-electron chi connectivity index (χ0n) is 14.4. The van der Waals surface area contributed by atoms with Gasteiger partial charge in [0.25, 0.3) is 0 Å². The Labute approximate surface area is 147 Å². The number of ether oxygens (including phenoxy) is 2. The summed E-state index contributed by atoms with van der Waals surface area (Å²) in [6, 6.07) is 14.5. The van der Waals surface area contributed by atoms with Crippen LogP contribution in [0.2, 0.25) is 0 Å². The van der Waals surface area contributed by atoms with Crippen molar-refractivity contribution in [2.45, 2.75) is 13.3 Å².